The van der Waals surface area contributed by atoms with Crippen molar-refractivity contribution in [3.05, 3.63) is 0 Å². The molecule has 0 saturated heterocycles. The van der Waals surface area contributed by atoms with E-state index in [2.05, 4.69) is 26.1 Å². The number of hydrogen-bond acceptors (Lipinski definition) is 2. The molecule has 0 saturated carbocycles. The van der Waals surface area contributed by atoms with Crippen LogP contribution in [0.25, 0.3) is 0 Å². The monoisotopic (exact) mass is 201 g/mol. The first-order chi connectivity index (χ1) is 6.42. The molecule has 0 aromatic heterocycles. The summed E-state index contributed by atoms with van der Waals surface area (Å²) < 4.78 is 0. The van der Waals surface area contributed by atoms with Crippen LogP contribution in [0.5, 0.6) is 0 Å². The van der Waals surface area contributed by atoms with Crippen molar-refractivity contribution in [3.8, 4) is 0 Å². The first kappa shape index (κ1) is 13.4. The molecule has 0 spiro atoms. The quantitative estimate of drug-likeness (QED) is 0.622. The molecule has 3 nitrogen and oxygen atoms in total. The van der Waals surface area contributed by atoms with E-state index in [-0.39, 0.29) is 5.54 Å². The highest BCUT2D eigenvalue weighted by Gasteiger charge is 2.06. The molecule has 0 heterocycles. The molecule has 0 aliphatic carbocycles. The third-order valence-electron chi connectivity index (χ3n) is 1.97. The lowest BCUT2D eigenvalue weighted by molar-refractivity contribution is -0.137. The predicted molar refractivity (Wildman–Crippen MR) is 58.5 cm³/mol. The van der Waals surface area contributed by atoms with Crippen LogP contribution < -0.4 is 5.32 Å². The smallest absolute Gasteiger partial charge is 0.303 e. The Bertz CT molecular complexity index is 161. The molecule has 0 bridgehead atoms. The summed E-state index contributed by atoms with van der Waals surface area (Å²) in [6.45, 7) is 7.48. The van der Waals surface area contributed by atoms with Gasteiger partial charge < -0.3 is 10.4 Å². The van der Waals surface area contributed by atoms with Gasteiger partial charge >= 0.3 is 5.97 Å². The molecule has 3 heteroatoms. The van der Waals surface area contributed by atoms with E-state index in [0.717, 1.165) is 32.2 Å². The van der Waals surface area contributed by atoms with Crippen molar-refractivity contribution >= 4 is 5.97 Å². The zero-order valence-corrected chi connectivity index (χ0v) is 9.60. The molecular formula is C11H23NO2. The summed E-state index contributed by atoms with van der Waals surface area (Å²) in [4.78, 5) is 10.2. The molecule has 2 N–H and O–H groups in total. The highest BCUT2D eigenvalue weighted by atomic mass is 16.4. The molecule has 0 aromatic rings. The van der Waals surface area contributed by atoms with Crippen molar-refractivity contribution in [2.75, 3.05) is 6.54 Å². The van der Waals surface area contributed by atoms with E-state index in [4.69, 9.17) is 5.11 Å². The van der Waals surface area contributed by atoms with Gasteiger partial charge in [-0.25, -0.2) is 0 Å². The van der Waals surface area contributed by atoms with Gasteiger partial charge in [-0.1, -0.05) is 12.8 Å². The van der Waals surface area contributed by atoms with E-state index in [1.807, 2.05) is 0 Å². The lowest BCUT2D eigenvalue weighted by atomic mass is 10.1. The van der Waals surface area contributed by atoms with Gasteiger partial charge in [0.1, 0.15) is 0 Å². The molecule has 0 fully saturated rings. The van der Waals surface area contributed by atoms with Crippen LogP contribution in [0.4, 0.5) is 0 Å². The van der Waals surface area contributed by atoms with Crippen LogP contribution in [-0.2, 0) is 4.79 Å². The van der Waals surface area contributed by atoms with Gasteiger partial charge in [-0.3, -0.25) is 4.79 Å². The summed E-state index contributed by atoms with van der Waals surface area (Å²) in [6.07, 6.45) is 4.41. The van der Waals surface area contributed by atoms with Crippen LogP contribution in [0.15, 0.2) is 0 Å². The largest absolute Gasteiger partial charge is 0.481 e. The van der Waals surface area contributed by atoms with Crippen LogP contribution in [0.3, 0.4) is 0 Å². The van der Waals surface area contributed by atoms with E-state index in [1.54, 1.807) is 0 Å². The minimum Gasteiger partial charge on any atom is -0.481 e. The Morgan fingerprint density at radius 3 is 2.21 bits per heavy atom. The zero-order chi connectivity index (χ0) is 11.0. The number of carboxylic acids is 1. The molecule has 0 amide bonds. The summed E-state index contributed by atoms with van der Waals surface area (Å²) in [5, 5.41) is 11.8. The Kier molecular flexibility index (Phi) is 6.54. The first-order valence-electron chi connectivity index (χ1n) is 5.38. The fraction of sp³-hybridized carbons (Fsp3) is 0.909. The van der Waals surface area contributed by atoms with E-state index in [9.17, 15) is 4.79 Å². The van der Waals surface area contributed by atoms with E-state index in [1.165, 1.54) is 0 Å². The maximum atomic E-state index is 10.2. The average molecular weight is 201 g/mol. The Morgan fingerprint density at radius 2 is 1.71 bits per heavy atom. The van der Waals surface area contributed by atoms with Gasteiger partial charge in [-0.2, -0.15) is 0 Å². The van der Waals surface area contributed by atoms with Gasteiger partial charge in [0.25, 0.3) is 0 Å². The molecule has 14 heavy (non-hydrogen) atoms. The highest BCUT2D eigenvalue weighted by molar-refractivity contribution is 5.66. The Labute approximate surface area is 86.9 Å². The summed E-state index contributed by atoms with van der Waals surface area (Å²) in [7, 11) is 0. The fourth-order valence-corrected chi connectivity index (χ4v) is 1.22. The Hall–Kier alpha value is -0.570. The topological polar surface area (TPSA) is 49.3 Å². The summed E-state index contributed by atoms with van der Waals surface area (Å²) in [5.74, 6) is -0.683. The SMILES string of the molecule is CC(C)(C)NCCCCCCC(=O)O. The van der Waals surface area contributed by atoms with Crippen molar-refractivity contribution in [2.24, 2.45) is 0 Å². The van der Waals surface area contributed by atoms with Crippen molar-refractivity contribution in [2.45, 2.75) is 58.4 Å². The van der Waals surface area contributed by atoms with Crippen molar-refractivity contribution < 1.29 is 9.90 Å². The molecule has 0 aliphatic heterocycles. The number of carboxylic acid groups (broad SMARTS) is 1. The number of nitrogens with one attached hydrogen (secondary N) is 1. The third kappa shape index (κ3) is 11.4. The van der Waals surface area contributed by atoms with Gasteiger partial charge in [0.05, 0.1) is 0 Å². The van der Waals surface area contributed by atoms with Gasteiger partial charge in [0, 0.05) is 12.0 Å². The maximum absolute atomic E-state index is 10.2. The van der Waals surface area contributed by atoms with Gasteiger partial charge in [-0.05, 0) is 40.2 Å². The predicted octanol–water partition coefficient (Wildman–Crippen LogP) is 2.41. The van der Waals surface area contributed by atoms with Gasteiger partial charge in [0.2, 0.25) is 0 Å². The van der Waals surface area contributed by atoms with E-state index in [0.29, 0.717) is 6.42 Å². The molecule has 0 radical (unpaired) electrons. The second-order valence-electron chi connectivity index (χ2n) is 4.73. The van der Waals surface area contributed by atoms with Crippen molar-refractivity contribution in [1.29, 1.82) is 0 Å². The second kappa shape index (κ2) is 6.82. The van der Waals surface area contributed by atoms with Crippen LogP contribution in [0.1, 0.15) is 52.9 Å². The number of hydrogen-bond donors (Lipinski definition) is 2. The molecule has 0 aromatic carbocycles. The van der Waals surface area contributed by atoms with Crippen LogP contribution in [0.2, 0.25) is 0 Å². The molecule has 0 unspecified atom stereocenters. The summed E-state index contributed by atoms with van der Waals surface area (Å²) in [5.41, 5.74) is 0.196. The molecule has 0 aliphatic rings. The number of aliphatic carboxylic acids is 1. The Morgan fingerprint density at radius 1 is 1.14 bits per heavy atom. The minimum atomic E-state index is -0.683. The first-order valence-corrected chi connectivity index (χ1v) is 5.38. The standard InChI is InChI=1S/C11H23NO2/c1-11(2,3)12-9-7-5-4-6-8-10(13)14/h12H,4-9H2,1-3H3,(H,13,14). The summed E-state index contributed by atoms with van der Waals surface area (Å²) in [6, 6.07) is 0. The van der Waals surface area contributed by atoms with Gasteiger partial charge in [-0.15, -0.1) is 0 Å². The maximum Gasteiger partial charge on any atom is 0.303 e. The van der Waals surface area contributed by atoms with Crippen molar-refractivity contribution in [3.63, 3.8) is 0 Å². The van der Waals surface area contributed by atoms with Crippen LogP contribution in [-0.4, -0.2) is 23.2 Å². The molecule has 0 atom stereocenters. The van der Waals surface area contributed by atoms with E-state index >= 15 is 0 Å². The number of unbranched alkanes of at least 4 members (excludes halogenated alkanes) is 3. The minimum absolute atomic E-state index is 0.196. The molecule has 84 valence electrons. The third-order valence-corrected chi connectivity index (χ3v) is 1.97. The Balaban J connectivity index is 3.11. The van der Waals surface area contributed by atoms with Gasteiger partial charge in [0.15, 0.2) is 0 Å². The number of carbonyl (C=O) groups is 1. The second-order valence-corrected chi connectivity index (χ2v) is 4.73. The molecular weight excluding hydrogens is 178 g/mol. The fourth-order valence-electron chi connectivity index (χ4n) is 1.22. The molecule has 0 rings (SSSR count). The lowest BCUT2D eigenvalue weighted by Crippen LogP contribution is -2.36. The average Bonchev–Trinajstić information content (AvgIpc) is 2.00. The lowest BCUT2D eigenvalue weighted by Gasteiger charge is -2.20. The normalized spacial score (nSPS) is 11.6. The van der Waals surface area contributed by atoms with Crippen LogP contribution >= 0.6 is 0 Å². The summed E-state index contributed by atoms with van der Waals surface area (Å²) >= 11 is 0. The number of rotatable bonds is 7. The highest BCUT2D eigenvalue weighted by Crippen LogP contribution is 2.04. The van der Waals surface area contributed by atoms with Crippen LogP contribution in [0, 0.1) is 0 Å². The zero-order valence-electron chi connectivity index (χ0n) is 9.60. The van der Waals surface area contributed by atoms with E-state index < -0.39 is 5.97 Å². The van der Waals surface area contributed by atoms with Crippen molar-refractivity contribution in [1.82, 2.24) is 5.32 Å².